The van der Waals surface area contributed by atoms with E-state index in [0.717, 1.165) is 12.8 Å². The van der Waals surface area contributed by atoms with Crippen molar-refractivity contribution in [3.05, 3.63) is 52.4 Å². The van der Waals surface area contributed by atoms with Crippen molar-refractivity contribution in [2.45, 2.75) is 18.9 Å². The number of hydrogen-bond donors (Lipinski definition) is 3. The summed E-state index contributed by atoms with van der Waals surface area (Å²) in [4.78, 5) is 38.1. The van der Waals surface area contributed by atoms with Gasteiger partial charge in [-0.15, -0.1) is 0 Å². The molecule has 3 N–H and O–H groups in total. The number of aromatic amines is 1. The Kier molecular flexibility index (Phi) is 5.21. The quantitative estimate of drug-likeness (QED) is 0.692. The SMILES string of the molecule is COc1ccc(NC(=O)c2ccc[nH]c2=O)cc1OCC(=O)NC1CC1. The van der Waals surface area contributed by atoms with Crippen LogP contribution < -0.4 is 25.7 Å². The molecule has 136 valence electrons. The van der Waals surface area contributed by atoms with Gasteiger partial charge in [0.25, 0.3) is 17.4 Å². The second-order valence-corrected chi connectivity index (χ2v) is 5.86. The van der Waals surface area contributed by atoms with E-state index in [9.17, 15) is 14.4 Å². The van der Waals surface area contributed by atoms with Gasteiger partial charge in [0.05, 0.1) is 7.11 Å². The Bertz CT molecular complexity index is 873. The predicted molar refractivity (Wildman–Crippen MR) is 94.7 cm³/mol. The fraction of sp³-hybridized carbons (Fsp3) is 0.278. The molecule has 8 heteroatoms. The number of nitrogens with one attached hydrogen (secondary N) is 3. The monoisotopic (exact) mass is 357 g/mol. The van der Waals surface area contributed by atoms with Crippen molar-refractivity contribution in [3.63, 3.8) is 0 Å². The molecule has 1 aromatic heterocycles. The molecule has 1 saturated carbocycles. The highest BCUT2D eigenvalue weighted by Gasteiger charge is 2.23. The topological polar surface area (TPSA) is 110 Å². The van der Waals surface area contributed by atoms with E-state index >= 15 is 0 Å². The lowest BCUT2D eigenvalue weighted by molar-refractivity contribution is -0.123. The van der Waals surface area contributed by atoms with Crippen LogP contribution in [-0.4, -0.2) is 36.6 Å². The van der Waals surface area contributed by atoms with Crippen LogP contribution in [0.3, 0.4) is 0 Å². The Labute approximate surface area is 149 Å². The molecule has 2 amide bonds. The molecule has 8 nitrogen and oxygen atoms in total. The summed E-state index contributed by atoms with van der Waals surface area (Å²) in [7, 11) is 1.48. The zero-order valence-corrected chi connectivity index (χ0v) is 14.2. The number of pyridine rings is 1. The van der Waals surface area contributed by atoms with E-state index in [4.69, 9.17) is 9.47 Å². The molecule has 0 atom stereocenters. The molecule has 1 aliphatic rings. The number of ether oxygens (including phenoxy) is 2. The molecule has 0 radical (unpaired) electrons. The van der Waals surface area contributed by atoms with E-state index in [1.165, 1.54) is 25.4 Å². The summed E-state index contributed by atoms with van der Waals surface area (Å²) < 4.78 is 10.7. The number of methoxy groups -OCH3 is 1. The average molecular weight is 357 g/mol. The van der Waals surface area contributed by atoms with Crippen molar-refractivity contribution in [1.82, 2.24) is 10.3 Å². The summed E-state index contributed by atoms with van der Waals surface area (Å²) in [5.74, 6) is -0.00717. The highest BCUT2D eigenvalue weighted by Crippen LogP contribution is 2.30. The molecular formula is C18H19N3O5. The van der Waals surface area contributed by atoms with Gasteiger partial charge in [0.1, 0.15) is 5.56 Å². The fourth-order valence-electron chi connectivity index (χ4n) is 2.31. The molecule has 26 heavy (non-hydrogen) atoms. The third-order valence-electron chi connectivity index (χ3n) is 3.79. The molecule has 0 unspecified atom stereocenters. The standard InChI is InChI=1S/C18H19N3O5/c1-25-14-7-6-12(21-18(24)13-3-2-8-19-17(13)23)9-15(14)26-10-16(22)20-11-4-5-11/h2-3,6-9,11H,4-5,10H2,1H3,(H,19,23)(H,20,22)(H,21,24). The summed E-state index contributed by atoms with van der Waals surface area (Å²) >= 11 is 0. The predicted octanol–water partition coefficient (Wildman–Crippen LogP) is 1.29. The minimum atomic E-state index is -0.547. The third-order valence-corrected chi connectivity index (χ3v) is 3.79. The van der Waals surface area contributed by atoms with Gasteiger partial charge in [-0.3, -0.25) is 14.4 Å². The number of H-pyrrole nitrogens is 1. The van der Waals surface area contributed by atoms with Gasteiger partial charge in [-0.25, -0.2) is 0 Å². The number of carbonyl (C=O) groups excluding carboxylic acids is 2. The van der Waals surface area contributed by atoms with E-state index in [-0.39, 0.29) is 24.1 Å². The van der Waals surface area contributed by atoms with Gasteiger partial charge < -0.3 is 25.1 Å². The van der Waals surface area contributed by atoms with Crippen LogP contribution in [0.15, 0.2) is 41.3 Å². The summed E-state index contributed by atoms with van der Waals surface area (Å²) in [6.45, 7) is -0.150. The van der Waals surface area contributed by atoms with Crippen LogP contribution in [-0.2, 0) is 4.79 Å². The normalized spacial score (nSPS) is 13.0. The lowest BCUT2D eigenvalue weighted by Crippen LogP contribution is -2.30. The third kappa shape index (κ3) is 4.41. The number of hydrogen-bond acceptors (Lipinski definition) is 5. The Morgan fingerprint density at radius 3 is 2.73 bits per heavy atom. The lowest BCUT2D eigenvalue weighted by atomic mass is 10.2. The van der Waals surface area contributed by atoms with Crippen molar-refractivity contribution in [3.8, 4) is 11.5 Å². The molecule has 1 heterocycles. The number of amides is 2. The van der Waals surface area contributed by atoms with Gasteiger partial charge >= 0.3 is 0 Å². The molecule has 1 fully saturated rings. The maximum Gasteiger partial charge on any atom is 0.261 e. The Morgan fingerprint density at radius 1 is 1.23 bits per heavy atom. The number of aromatic nitrogens is 1. The minimum Gasteiger partial charge on any atom is -0.493 e. The molecule has 0 bridgehead atoms. The number of benzene rings is 1. The molecule has 0 saturated heterocycles. The summed E-state index contributed by atoms with van der Waals surface area (Å²) in [6, 6.07) is 8.01. The van der Waals surface area contributed by atoms with Gasteiger partial charge in [-0.05, 0) is 37.1 Å². The first-order chi connectivity index (χ1) is 12.6. The maximum atomic E-state index is 12.2. The molecule has 1 aromatic carbocycles. The van der Waals surface area contributed by atoms with E-state index in [2.05, 4.69) is 15.6 Å². The second-order valence-electron chi connectivity index (χ2n) is 5.86. The highest BCUT2D eigenvalue weighted by atomic mass is 16.5. The summed E-state index contributed by atoms with van der Waals surface area (Å²) in [6.07, 6.45) is 3.44. The van der Waals surface area contributed by atoms with E-state index in [1.807, 2.05) is 0 Å². The number of carbonyl (C=O) groups is 2. The van der Waals surface area contributed by atoms with Gasteiger partial charge in [-0.2, -0.15) is 0 Å². The van der Waals surface area contributed by atoms with Crippen LogP contribution in [0.4, 0.5) is 5.69 Å². The molecule has 2 aromatic rings. The van der Waals surface area contributed by atoms with Crippen molar-refractivity contribution in [2.24, 2.45) is 0 Å². The van der Waals surface area contributed by atoms with Crippen molar-refractivity contribution in [2.75, 3.05) is 19.0 Å². The minimum absolute atomic E-state index is 0.00500. The Morgan fingerprint density at radius 2 is 2.04 bits per heavy atom. The zero-order chi connectivity index (χ0) is 18.5. The van der Waals surface area contributed by atoms with Gasteiger partial charge in [0.15, 0.2) is 18.1 Å². The molecule has 3 rings (SSSR count). The zero-order valence-electron chi connectivity index (χ0n) is 14.2. The van der Waals surface area contributed by atoms with Crippen molar-refractivity contribution in [1.29, 1.82) is 0 Å². The first-order valence-corrected chi connectivity index (χ1v) is 8.16. The molecule has 0 spiro atoms. The van der Waals surface area contributed by atoms with Crippen LogP contribution in [0, 0.1) is 0 Å². The first kappa shape index (κ1) is 17.5. The maximum absolute atomic E-state index is 12.2. The molecular weight excluding hydrogens is 338 g/mol. The van der Waals surface area contributed by atoms with Crippen LogP contribution in [0.2, 0.25) is 0 Å². The van der Waals surface area contributed by atoms with Crippen LogP contribution in [0.1, 0.15) is 23.2 Å². The first-order valence-electron chi connectivity index (χ1n) is 8.16. The second kappa shape index (κ2) is 7.73. The van der Waals surface area contributed by atoms with Crippen molar-refractivity contribution < 1.29 is 19.1 Å². The van der Waals surface area contributed by atoms with Crippen molar-refractivity contribution >= 4 is 17.5 Å². The Balaban J connectivity index is 1.69. The largest absolute Gasteiger partial charge is 0.493 e. The fourth-order valence-corrected chi connectivity index (χ4v) is 2.31. The average Bonchev–Trinajstić information content (AvgIpc) is 3.44. The summed E-state index contributed by atoms with van der Waals surface area (Å²) in [5.41, 5.74) is -0.0713. The van der Waals surface area contributed by atoms with E-state index < -0.39 is 11.5 Å². The van der Waals surface area contributed by atoms with Gasteiger partial charge in [-0.1, -0.05) is 0 Å². The van der Waals surface area contributed by atoms with E-state index in [0.29, 0.717) is 17.2 Å². The van der Waals surface area contributed by atoms with E-state index in [1.54, 1.807) is 18.2 Å². The number of rotatable bonds is 7. The van der Waals surface area contributed by atoms with Gasteiger partial charge in [0, 0.05) is 24.0 Å². The molecule has 1 aliphatic carbocycles. The van der Waals surface area contributed by atoms with Crippen LogP contribution in [0.5, 0.6) is 11.5 Å². The summed E-state index contributed by atoms with van der Waals surface area (Å²) in [5, 5.41) is 5.45. The van der Waals surface area contributed by atoms with Crippen LogP contribution in [0.25, 0.3) is 0 Å². The lowest BCUT2D eigenvalue weighted by Gasteiger charge is -2.13. The number of anilines is 1. The highest BCUT2D eigenvalue weighted by molar-refractivity contribution is 6.04. The van der Waals surface area contributed by atoms with Gasteiger partial charge in [0.2, 0.25) is 0 Å². The van der Waals surface area contributed by atoms with Crippen LogP contribution >= 0.6 is 0 Å². The Hall–Kier alpha value is -3.29. The molecule has 0 aliphatic heterocycles. The smallest absolute Gasteiger partial charge is 0.261 e.